The number of hydrogen-bond donors (Lipinski definition) is 2. The fourth-order valence-corrected chi connectivity index (χ4v) is 3.56. The quantitative estimate of drug-likeness (QED) is 0.908. The van der Waals surface area contributed by atoms with Crippen molar-refractivity contribution in [2.75, 3.05) is 16.8 Å². The van der Waals surface area contributed by atoms with Crippen molar-refractivity contribution in [3.05, 3.63) is 35.9 Å². The topological polar surface area (TPSA) is 62.2 Å². The van der Waals surface area contributed by atoms with E-state index >= 15 is 0 Å². The van der Waals surface area contributed by atoms with Crippen LogP contribution in [0.3, 0.4) is 0 Å². The molecular weight excluding hydrogens is 272 g/mol. The average molecular weight is 288 g/mol. The van der Waals surface area contributed by atoms with Crippen LogP contribution in [-0.2, 0) is 0 Å². The molecule has 1 atom stereocenters. The van der Waals surface area contributed by atoms with Crippen molar-refractivity contribution < 1.29 is 9.90 Å². The largest absolute Gasteiger partial charge is 0.478 e. The number of benzene rings is 1. The third-order valence-electron chi connectivity index (χ3n) is 3.47. The van der Waals surface area contributed by atoms with Gasteiger partial charge in [0.05, 0.1) is 11.1 Å². The van der Waals surface area contributed by atoms with Crippen LogP contribution in [0.25, 0.3) is 10.9 Å². The van der Waals surface area contributed by atoms with Gasteiger partial charge in [0, 0.05) is 17.2 Å². The van der Waals surface area contributed by atoms with Crippen LogP contribution in [0.1, 0.15) is 23.2 Å². The van der Waals surface area contributed by atoms with Gasteiger partial charge in [0.1, 0.15) is 5.82 Å². The van der Waals surface area contributed by atoms with E-state index in [2.05, 4.69) is 10.3 Å². The van der Waals surface area contributed by atoms with Gasteiger partial charge in [-0.3, -0.25) is 0 Å². The smallest absolute Gasteiger partial charge is 0.336 e. The highest BCUT2D eigenvalue weighted by atomic mass is 32.2. The third-order valence-corrected chi connectivity index (χ3v) is 4.69. The zero-order valence-electron chi connectivity index (χ0n) is 11.0. The normalized spacial score (nSPS) is 18.9. The number of carboxylic acids is 1. The van der Waals surface area contributed by atoms with E-state index in [-0.39, 0.29) is 0 Å². The Morgan fingerprint density at radius 2 is 2.25 bits per heavy atom. The van der Waals surface area contributed by atoms with Gasteiger partial charge in [-0.1, -0.05) is 6.07 Å². The number of fused-ring (bicyclic) bond motifs is 1. The zero-order valence-corrected chi connectivity index (χ0v) is 11.8. The Balaban J connectivity index is 1.89. The van der Waals surface area contributed by atoms with Gasteiger partial charge in [-0.25, -0.2) is 9.78 Å². The number of nitrogens with one attached hydrogen (secondary N) is 1. The van der Waals surface area contributed by atoms with Crippen LogP contribution in [0.5, 0.6) is 0 Å². The van der Waals surface area contributed by atoms with Crippen LogP contribution in [-0.4, -0.2) is 33.6 Å². The summed E-state index contributed by atoms with van der Waals surface area (Å²) in [5, 5.41) is 13.3. The van der Waals surface area contributed by atoms with Gasteiger partial charge >= 0.3 is 5.97 Å². The van der Waals surface area contributed by atoms with E-state index in [0.717, 1.165) is 17.1 Å². The lowest BCUT2D eigenvalue weighted by molar-refractivity contribution is 0.0699. The summed E-state index contributed by atoms with van der Waals surface area (Å²) in [6.45, 7) is 0. The maximum atomic E-state index is 11.2. The van der Waals surface area contributed by atoms with Crippen LogP contribution < -0.4 is 5.32 Å². The molecule has 2 aromatic rings. The van der Waals surface area contributed by atoms with Crippen molar-refractivity contribution in [1.29, 1.82) is 0 Å². The van der Waals surface area contributed by atoms with Gasteiger partial charge in [-0.2, -0.15) is 11.8 Å². The van der Waals surface area contributed by atoms with Gasteiger partial charge in [0.25, 0.3) is 0 Å². The minimum absolute atomic E-state index is 0.301. The molecule has 0 radical (unpaired) electrons. The molecule has 1 aliphatic heterocycles. The van der Waals surface area contributed by atoms with Crippen molar-refractivity contribution in [3.8, 4) is 0 Å². The van der Waals surface area contributed by atoms with Crippen molar-refractivity contribution >= 4 is 34.5 Å². The van der Waals surface area contributed by atoms with E-state index in [9.17, 15) is 4.79 Å². The summed E-state index contributed by atoms with van der Waals surface area (Å²) in [5.41, 5.74) is 1.02. The molecule has 0 aliphatic carbocycles. The first-order chi connectivity index (χ1) is 9.74. The number of pyridine rings is 1. The number of rotatable bonds is 3. The van der Waals surface area contributed by atoms with Crippen LogP contribution in [0.15, 0.2) is 30.3 Å². The molecule has 5 heteroatoms. The number of nitrogens with zero attached hydrogens (tertiary/aromatic N) is 1. The molecule has 1 fully saturated rings. The Morgan fingerprint density at radius 3 is 3.00 bits per heavy atom. The predicted octanol–water partition coefficient (Wildman–Crippen LogP) is 3.24. The van der Waals surface area contributed by atoms with E-state index in [1.165, 1.54) is 18.6 Å². The molecule has 104 valence electrons. The first-order valence-electron chi connectivity index (χ1n) is 6.71. The SMILES string of the molecule is O=C(O)c1cccc2nc(NC3CCCSC3)ccc12. The third kappa shape index (κ3) is 2.72. The van der Waals surface area contributed by atoms with Crippen molar-refractivity contribution in [3.63, 3.8) is 0 Å². The Labute approximate surface area is 121 Å². The average Bonchev–Trinajstić information content (AvgIpc) is 2.47. The maximum Gasteiger partial charge on any atom is 0.336 e. The molecule has 4 nitrogen and oxygen atoms in total. The fraction of sp³-hybridized carbons (Fsp3) is 0.333. The zero-order chi connectivity index (χ0) is 13.9. The standard InChI is InChI=1S/C15H16N2O2S/c18-15(19)12-4-1-5-13-11(12)6-7-14(17-13)16-10-3-2-8-20-9-10/h1,4-7,10H,2-3,8-9H2,(H,16,17)(H,18,19). The van der Waals surface area contributed by atoms with Crippen LogP contribution in [0, 0.1) is 0 Å². The first kappa shape index (κ1) is 13.2. The maximum absolute atomic E-state index is 11.2. The van der Waals surface area contributed by atoms with E-state index < -0.39 is 5.97 Å². The molecule has 0 amide bonds. The van der Waals surface area contributed by atoms with Crippen molar-refractivity contribution in [1.82, 2.24) is 4.98 Å². The molecule has 1 aliphatic rings. The minimum atomic E-state index is -0.915. The van der Waals surface area contributed by atoms with E-state index in [1.807, 2.05) is 30.0 Å². The lowest BCUT2D eigenvalue weighted by Gasteiger charge is -2.23. The summed E-state index contributed by atoms with van der Waals surface area (Å²) in [4.78, 5) is 15.7. The molecular formula is C15H16N2O2S. The summed E-state index contributed by atoms with van der Waals surface area (Å²) < 4.78 is 0. The lowest BCUT2D eigenvalue weighted by Crippen LogP contribution is -2.26. The van der Waals surface area contributed by atoms with Crippen LogP contribution in [0.2, 0.25) is 0 Å². The number of carbonyl (C=O) groups is 1. The molecule has 1 unspecified atom stereocenters. The highest BCUT2D eigenvalue weighted by molar-refractivity contribution is 7.99. The van der Waals surface area contributed by atoms with Crippen LogP contribution in [0.4, 0.5) is 5.82 Å². The second-order valence-corrected chi connectivity index (χ2v) is 6.08. The Bertz CT molecular complexity index is 639. The van der Waals surface area contributed by atoms with Crippen molar-refractivity contribution in [2.45, 2.75) is 18.9 Å². The summed E-state index contributed by atoms with van der Waals surface area (Å²) in [6.07, 6.45) is 2.40. The number of hydrogen-bond acceptors (Lipinski definition) is 4. The molecule has 20 heavy (non-hydrogen) atoms. The second-order valence-electron chi connectivity index (χ2n) is 4.93. The Morgan fingerprint density at radius 1 is 1.35 bits per heavy atom. The van der Waals surface area contributed by atoms with E-state index in [4.69, 9.17) is 5.11 Å². The molecule has 1 saturated heterocycles. The van der Waals surface area contributed by atoms with Crippen LogP contribution >= 0.6 is 11.8 Å². The molecule has 2 heterocycles. The summed E-state index contributed by atoms with van der Waals surface area (Å²) >= 11 is 1.96. The molecule has 0 saturated carbocycles. The minimum Gasteiger partial charge on any atom is -0.478 e. The summed E-state index contributed by atoms with van der Waals surface area (Å²) in [5.74, 6) is 2.26. The number of carboxylic acid groups (broad SMARTS) is 1. The monoisotopic (exact) mass is 288 g/mol. The van der Waals surface area contributed by atoms with Gasteiger partial charge in [0.15, 0.2) is 0 Å². The highest BCUT2D eigenvalue weighted by Gasteiger charge is 2.14. The van der Waals surface area contributed by atoms with Gasteiger partial charge in [-0.05, 0) is 42.9 Å². The molecule has 2 N–H and O–H groups in total. The predicted molar refractivity (Wildman–Crippen MR) is 82.7 cm³/mol. The second kappa shape index (κ2) is 5.71. The highest BCUT2D eigenvalue weighted by Crippen LogP contribution is 2.23. The molecule has 1 aromatic heterocycles. The number of aromatic carboxylic acids is 1. The molecule has 3 rings (SSSR count). The molecule has 0 bridgehead atoms. The lowest BCUT2D eigenvalue weighted by atomic mass is 10.1. The Hall–Kier alpha value is -1.75. The summed E-state index contributed by atoms with van der Waals surface area (Å²) in [7, 11) is 0. The number of aromatic nitrogens is 1. The number of anilines is 1. The first-order valence-corrected chi connectivity index (χ1v) is 7.87. The van der Waals surface area contributed by atoms with Gasteiger partial charge in [-0.15, -0.1) is 0 Å². The van der Waals surface area contributed by atoms with Gasteiger partial charge in [0.2, 0.25) is 0 Å². The summed E-state index contributed by atoms with van der Waals surface area (Å²) in [6, 6.07) is 9.36. The van der Waals surface area contributed by atoms with E-state index in [1.54, 1.807) is 12.1 Å². The molecule has 1 aromatic carbocycles. The van der Waals surface area contributed by atoms with Gasteiger partial charge < -0.3 is 10.4 Å². The van der Waals surface area contributed by atoms with Crippen molar-refractivity contribution in [2.24, 2.45) is 0 Å². The number of thioether (sulfide) groups is 1. The Kier molecular flexibility index (Phi) is 3.78. The molecule has 0 spiro atoms. The van der Waals surface area contributed by atoms with E-state index in [0.29, 0.717) is 17.0 Å². The fourth-order valence-electron chi connectivity index (χ4n) is 2.49.